The molecule has 1 aromatic rings. The lowest BCUT2D eigenvalue weighted by Crippen LogP contribution is -2.37. The molecule has 0 unspecified atom stereocenters. The fourth-order valence-corrected chi connectivity index (χ4v) is 1.78. The molecule has 0 aliphatic rings. The molecule has 94 valence electrons. The van der Waals surface area contributed by atoms with Gasteiger partial charge in [-0.15, -0.1) is 0 Å². The number of ether oxygens (including phenoxy) is 1. The van der Waals surface area contributed by atoms with Gasteiger partial charge in [0.2, 0.25) is 0 Å². The van der Waals surface area contributed by atoms with E-state index in [2.05, 4.69) is 0 Å². The number of aliphatic carboxylic acids is 1. The number of hydrogen-bond donors (Lipinski definition) is 1. The van der Waals surface area contributed by atoms with Crippen LogP contribution in [-0.2, 0) is 13.8 Å². The summed E-state index contributed by atoms with van der Waals surface area (Å²) in [6.45, 7) is 2.78. The van der Waals surface area contributed by atoms with Gasteiger partial charge in [-0.1, -0.05) is 0 Å². The van der Waals surface area contributed by atoms with Crippen molar-refractivity contribution in [3.8, 4) is 5.75 Å². The lowest BCUT2D eigenvalue weighted by atomic mass is 10.1. The zero-order valence-electron chi connectivity index (χ0n) is 9.18. The van der Waals surface area contributed by atoms with E-state index < -0.39 is 20.6 Å². The molecule has 0 atom stereocenters. The standard InChI is InChI=1S/C10H11ClO5S/c1-10(2,9(12)13)16-7-3-5-8(6-4-7)17(11,14)15/h3-6H,1-2H3,(H,12,13). The molecule has 7 heteroatoms. The van der Waals surface area contributed by atoms with E-state index in [0.29, 0.717) is 0 Å². The summed E-state index contributed by atoms with van der Waals surface area (Å²) in [5.74, 6) is -0.868. The van der Waals surface area contributed by atoms with E-state index in [0.717, 1.165) is 0 Å². The smallest absolute Gasteiger partial charge is 0.347 e. The quantitative estimate of drug-likeness (QED) is 0.850. The van der Waals surface area contributed by atoms with E-state index >= 15 is 0 Å². The van der Waals surface area contributed by atoms with Gasteiger partial charge in [-0.2, -0.15) is 0 Å². The maximum Gasteiger partial charge on any atom is 0.347 e. The number of benzene rings is 1. The van der Waals surface area contributed by atoms with E-state index in [1.165, 1.54) is 38.1 Å². The summed E-state index contributed by atoms with van der Waals surface area (Å²) in [6, 6.07) is 5.19. The predicted molar refractivity (Wildman–Crippen MR) is 61.8 cm³/mol. The van der Waals surface area contributed by atoms with Crippen molar-refractivity contribution in [1.29, 1.82) is 0 Å². The topological polar surface area (TPSA) is 80.7 Å². The van der Waals surface area contributed by atoms with Gasteiger partial charge in [0.25, 0.3) is 9.05 Å². The van der Waals surface area contributed by atoms with E-state index in [1.54, 1.807) is 0 Å². The van der Waals surface area contributed by atoms with Gasteiger partial charge in [0.15, 0.2) is 5.60 Å². The minimum absolute atomic E-state index is 0.0698. The van der Waals surface area contributed by atoms with E-state index in [-0.39, 0.29) is 10.6 Å². The van der Waals surface area contributed by atoms with Gasteiger partial charge in [0.1, 0.15) is 5.75 Å². The van der Waals surface area contributed by atoms with Crippen LogP contribution in [0.25, 0.3) is 0 Å². The van der Waals surface area contributed by atoms with Gasteiger partial charge in [-0.25, -0.2) is 13.2 Å². The van der Waals surface area contributed by atoms with Crippen LogP contribution in [0.5, 0.6) is 5.75 Å². The average Bonchev–Trinajstić information content (AvgIpc) is 2.16. The molecule has 0 fully saturated rings. The molecule has 5 nitrogen and oxygen atoms in total. The van der Waals surface area contributed by atoms with E-state index in [1.807, 2.05) is 0 Å². The van der Waals surface area contributed by atoms with Crippen LogP contribution in [-0.4, -0.2) is 25.1 Å². The monoisotopic (exact) mass is 278 g/mol. The number of halogens is 1. The molecule has 1 N–H and O–H groups in total. The lowest BCUT2D eigenvalue weighted by Gasteiger charge is -2.21. The molecule has 0 aliphatic heterocycles. The predicted octanol–water partition coefficient (Wildman–Crippen LogP) is 1.86. The number of rotatable bonds is 4. The maximum atomic E-state index is 11.0. The first kappa shape index (κ1) is 13.8. The first-order valence-electron chi connectivity index (χ1n) is 4.60. The van der Waals surface area contributed by atoms with Crippen LogP contribution in [0.2, 0.25) is 0 Å². The van der Waals surface area contributed by atoms with Crippen molar-refractivity contribution < 1.29 is 23.1 Å². The molecule has 0 bridgehead atoms. The summed E-state index contributed by atoms with van der Waals surface area (Å²) in [6.07, 6.45) is 0. The largest absolute Gasteiger partial charge is 0.478 e. The Morgan fingerprint density at radius 2 is 1.76 bits per heavy atom. The minimum Gasteiger partial charge on any atom is -0.478 e. The highest BCUT2D eigenvalue weighted by Gasteiger charge is 2.29. The van der Waals surface area contributed by atoms with Crippen LogP contribution in [0, 0.1) is 0 Å². The zero-order chi connectivity index (χ0) is 13.3. The molecule has 1 aromatic carbocycles. The molecule has 0 radical (unpaired) electrons. The van der Waals surface area contributed by atoms with Crippen LogP contribution >= 0.6 is 10.7 Å². The van der Waals surface area contributed by atoms with Crippen molar-refractivity contribution in [1.82, 2.24) is 0 Å². The third-order valence-electron chi connectivity index (χ3n) is 1.99. The first-order chi connectivity index (χ1) is 7.63. The van der Waals surface area contributed by atoms with Crippen molar-refractivity contribution in [3.63, 3.8) is 0 Å². The Morgan fingerprint density at radius 3 is 2.12 bits per heavy atom. The zero-order valence-corrected chi connectivity index (χ0v) is 10.7. The third kappa shape index (κ3) is 3.61. The summed E-state index contributed by atoms with van der Waals surface area (Å²) in [5, 5.41) is 8.84. The van der Waals surface area contributed by atoms with E-state index in [4.69, 9.17) is 20.5 Å². The molecular weight excluding hydrogens is 268 g/mol. The molecule has 0 saturated carbocycles. The summed E-state index contributed by atoms with van der Waals surface area (Å²) in [7, 11) is 1.35. The van der Waals surface area contributed by atoms with Gasteiger partial charge in [0.05, 0.1) is 4.90 Å². The van der Waals surface area contributed by atoms with Crippen molar-refractivity contribution in [3.05, 3.63) is 24.3 Å². The van der Waals surface area contributed by atoms with E-state index in [9.17, 15) is 13.2 Å². The average molecular weight is 279 g/mol. The Kier molecular flexibility index (Phi) is 3.68. The second kappa shape index (κ2) is 4.54. The SMILES string of the molecule is CC(C)(Oc1ccc(S(=O)(=O)Cl)cc1)C(=O)O. The Labute approximate surface area is 103 Å². The Hall–Kier alpha value is -1.27. The molecule has 0 spiro atoms. The van der Waals surface area contributed by atoms with Crippen LogP contribution in [0.4, 0.5) is 0 Å². The van der Waals surface area contributed by atoms with Gasteiger partial charge in [0, 0.05) is 10.7 Å². The van der Waals surface area contributed by atoms with Crippen molar-refractivity contribution in [2.75, 3.05) is 0 Å². The van der Waals surface area contributed by atoms with Crippen molar-refractivity contribution >= 4 is 25.7 Å². The number of carbonyl (C=O) groups is 1. The normalized spacial score (nSPS) is 12.2. The van der Waals surface area contributed by atoms with Gasteiger partial charge < -0.3 is 9.84 Å². The highest BCUT2D eigenvalue weighted by molar-refractivity contribution is 8.13. The van der Waals surface area contributed by atoms with Gasteiger partial charge in [-0.05, 0) is 38.1 Å². The lowest BCUT2D eigenvalue weighted by molar-refractivity contribution is -0.152. The Bertz CT molecular complexity index is 518. The number of hydrogen-bond acceptors (Lipinski definition) is 4. The molecule has 0 amide bonds. The van der Waals surface area contributed by atoms with Gasteiger partial charge in [-0.3, -0.25) is 0 Å². The highest BCUT2D eigenvalue weighted by Crippen LogP contribution is 2.22. The summed E-state index contributed by atoms with van der Waals surface area (Å²) >= 11 is 0. The second-order valence-electron chi connectivity index (χ2n) is 3.83. The van der Waals surface area contributed by atoms with Crippen LogP contribution in [0.15, 0.2) is 29.2 Å². The van der Waals surface area contributed by atoms with Crippen LogP contribution in [0.3, 0.4) is 0 Å². The Balaban J connectivity index is 2.94. The number of carboxylic acids is 1. The highest BCUT2D eigenvalue weighted by atomic mass is 35.7. The first-order valence-corrected chi connectivity index (χ1v) is 6.91. The molecular formula is C10H11ClO5S. The van der Waals surface area contributed by atoms with Crippen molar-refractivity contribution in [2.45, 2.75) is 24.3 Å². The summed E-state index contributed by atoms with van der Waals surface area (Å²) in [5.41, 5.74) is -1.39. The maximum absolute atomic E-state index is 11.0. The third-order valence-corrected chi connectivity index (χ3v) is 3.36. The summed E-state index contributed by atoms with van der Waals surface area (Å²) in [4.78, 5) is 10.7. The van der Waals surface area contributed by atoms with Gasteiger partial charge >= 0.3 is 5.97 Å². The molecule has 1 rings (SSSR count). The molecule has 0 saturated heterocycles. The number of carboxylic acid groups (broad SMARTS) is 1. The van der Waals surface area contributed by atoms with Crippen molar-refractivity contribution in [2.24, 2.45) is 0 Å². The fourth-order valence-electron chi connectivity index (χ4n) is 1.01. The van der Waals surface area contributed by atoms with Crippen LogP contribution < -0.4 is 4.74 Å². The Morgan fingerprint density at radius 1 is 1.29 bits per heavy atom. The van der Waals surface area contributed by atoms with Crippen LogP contribution in [0.1, 0.15) is 13.8 Å². The molecule has 0 heterocycles. The fraction of sp³-hybridized carbons (Fsp3) is 0.300. The molecule has 0 aromatic heterocycles. The second-order valence-corrected chi connectivity index (χ2v) is 6.39. The summed E-state index contributed by atoms with van der Waals surface area (Å²) < 4.78 is 27.1. The minimum atomic E-state index is -3.78. The molecule has 17 heavy (non-hydrogen) atoms. The molecule has 0 aliphatic carbocycles.